The number of rotatable bonds is 1. The highest BCUT2D eigenvalue weighted by Crippen LogP contribution is 2.28. The van der Waals surface area contributed by atoms with Gasteiger partial charge >= 0.3 is 0 Å². The summed E-state index contributed by atoms with van der Waals surface area (Å²) in [6, 6.07) is 12.4. The molecule has 14 heavy (non-hydrogen) atoms. The van der Waals surface area contributed by atoms with E-state index in [0.717, 1.165) is 10.0 Å². The van der Waals surface area contributed by atoms with E-state index in [1.165, 1.54) is 10.8 Å². The van der Waals surface area contributed by atoms with Crippen molar-refractivity contribution in [2.45, 2.75) is 0 Å². The summed E-state index contributed by atoms with van der Waals surface area (Å²) in [6.07, 6.45) is 1.87. The van der Waals surface area contributed by atoms with Gasteiger partial charge in [-0.1, -0.05) is 43.0 Å². The molecule has 68 valence electrons. The maximum Gasteiger partial charge on any atom is 0.0332 e. The van der Waals surface area contributed by atoms with Gasteiger partial charge in [0.1, 0.15) is 0 Å². The first-order valence-corrected chi connectivity index (χ1v) is 5.15. The molecule has 0 saturated heterocycles. The summed E-state index contributed by atoms with van der Waals surface area (Å²) in [4.78, 5) is 0. The van der Waals surface area contributed by atoms with Crippen LogP contribution in [0.5, 0.6) is 0 Å². The van der Waals surface area contributed by atoms with E-state index in [1.807, 2.05) is 18.2 Å². The van der Waals surface area contributed by atoms with E-state index in [1.54, 1.807) is 0 Å². The van der Waals surface area contributed by atoms with E-state index in [2.05, 4.69) is 52.5 Å². The molecule has 0 saturated carbocycles. The van der Waals surface area contributed by atoms with Crippen molar-refractivity contribution >= 4 is 32.8 Å². The van der Waals surface area contributed by atoms with Gasteiger partial charge in [-0.3, -0.25) is 0 Å². The van der Waals surface area contributed by atoms with Gasteiger partial charge in [0.25, 0.3) is 0 Å². The molecule has 0 heterocycles. The molecule has 0 bridgehead atoms. The Hall–Kier alpha value is -1.30. The lowest BCUT2D eigenvalue weighted by Crippen LogP contribution is -1.78. The predicted molar refractivity (Wildman–Crippen MR) is 65.3 cm³/mol. The number of hydrogen-bond acceptors (Lipinski definition) is 0. The second-order valence-electron chi connectivity index (χ2n) is 3.04. The first-order valence-electron chi connectivity index (χ1n) is 4.36. The van der Waals surface area contributed by atoms with Crippen molar-refractivity contribution in [2.24, 2.45) is 0 Å². The topological polar surface area (TPSA) is 0 Å². The Kier molecular flexibility index (Phi) is 2.53. The number of hydrogen-bond donors (Lipinski definition) is 0. The van der Waals surface area contributed by atoms with Crippen molar-refractivity contribution in [3.63, 3.8) is 0 Å². The number of halogens is 1. The molecule has 0 radical (unpaired) electrons. The third-order valence-electron chi connectivity index (χ3n) is 2.15. The quantitative estimate of drug-likeness (QED) is 0.653. The fourth-order valence-electron chi connectivity index (χ4n) is 1.47. The molecule has 2 rings (SSSR count). The van der Waals surface area contributed by atoms with Crippen LogP contribution < -0.4 is 0 Å². The molecular weight excluding hydrogens is 236 g/mol. The molecule has 0 aliphatic heterocycles. The van der Waals surface area contributed by atoms with Crippen molar-refractivity contribution < 1.29 is 0 Å². The highest BCUT2D eigenvalue weighted by atomic mass is 79.9. The van der Waals surface area contributed by atoms with Crippen LogP contribution in [0.3, 0.4) is 0 Å². The summed E-state index contributed by atoms with van der Waals surface area (Å²) in [7, 11) is 0. The van der Waals surface area contributed by atoms with Gasteiger partial charge in [0.2, 0.25) is 0 Å². The predicted octanol–water partition coefficient (Wildman–Crippen LogP) is 4.40. The fourth-order valence-corrected chi connectivity index (χ4v) is 2.08. The van der Waals surface area contributed by atoms with Crippen molar-refractivity contribution in [3.05, 3.63) is 58.7 Å². The Morgan fingerprint density at radius 1 is 1.14 bits per heavy atom. The van der Waals surface area contributed by atoms with Crippen LogP contribution in [0.2, 0.25) is 0 Å². The Morgan fingerprint density at radius 2 is 1.93 bits per heavy atom. The number of fused-ring (bicyclic) bond motifs is 1. The monoisotopic (exact) mass is 244 g/mol. The molecule has 0 unspecified atom stereocenters. The summed E-state index contributed by atoms with van der Waals surface area (Å²) >= 11 is 3.58. The van der Waals surface area contributed by atoms with Crippen LogP contribution in [0.25, 0.3) is 16.8 Å². The molecule has 1 heteroatoms. The van der Waals surface area contributed by atoms with Crippen LogP contribution in [0.15, 0.2) is 53.2 Å². The molecule has 0 N–H and O–H groups in total. The third-order valence-corrected chi connectivity index (χ3v) is 3.04. The van der Waals surface area contributed by atoms with Gasteiger partial charge in [-0.15, -0.1) is 5.73 Å². The van der Waals surface area contributed by atoms with Crippen LogP contribution >= 0.6 is 15.9 Å². The molecular formula is C13H9Br. The first kappa shape index (κ1) is 9.26. The van der Waals surface area contributed by atoms with Crippen molar-refractivity contribution in [1.29, 1.82) is 0 Å². The lowest BCUT2D eigenvalue weighted by molar-refractivity contribution is 1.66. The molecule has 0 fully saturated rings. The summed E-state index contributed by atoms with van der Waals surface area (Å²) in [5, 5.41) is 2.46. The molecule has 2 aromatic carbocycles. The maximum atomic E-state index is 3.58. The Morgan fingerprint density at radius 3 is 2.71 bits per heavy atom. The van der Waals surface area contributed by atoms with Gasteiger partial charge in [-0.05, 0) is 38.3 Å². The molecule has 0 aliphatic carbocycles. The summed E-state index contributed by atoms with van der Waals surface area (Å²) in [6.45, 7) is 3.58. The van der Waals surface area contributed by atoms with Crippen LogP contribution in [0.1, 0.15) is 5.56 Å². The van der Waals surface area contributed by atoms with Crippen LogP contribution in [-0.4, -0.2) is 0 Å². The normalized spacial score (nSPS) is 9.79. The fraction of sp³-hybridized carbons (Fsp3) is 0. The second kappa shape index (κ2) is 3.83. The minimum absolute atomic E-state index is 1.10. The van der Waals surface area contributed by atoms with Gasteiger partial charge in [0.05, 0.1) is 0 Å². The molecule has 0 amide bonds. The third kappa shape index (κ3) is 1.52. The smallest absolute Gasteiger partial charge is 0.0332 e. The molecule has 2 aromatic rings. The molecule has 0 nitrogen and oxygen atoms in total. The van der Waals surface area contributed by atoms with E-state index in [-0.39, 0.29) is 0 Å². The van der Waals surface area contributed by atoms with Crippen molar-refractivity contribution in [3.8, 4) is 0 Å². The van der Waals surface area contributed by atoms with Crippen LogP contribution in [0, 0.1) is 0 Å². The highest BCUT2D eigenvalue weighted by Gasteiger charge is 2.00. The van der Waals surface area contributed by atoms with Gasteiger partial charge in [0, 0.05) is 4.47 Å². The first-order chi connectivity index (χ1) is 6.83. The largest absolute Gasteiger partial charge is 0.128 e. The molecule has 0 aromatic heterocycles. The average molecular weight is 245 g/mol. The van der Waals surface area contributed by atoms with Crippen molar-refractivity contribution in [1.82, 2.24) is 0 Å². The Labute approximate surface area is 91.7 Å². The second-order valence-corrected chi connectivity index (χ2v) is 3.83. The van der Waals surface area contributed by atoms with Crippen LogP contribution in [0.4, 0.5) is 0 Å². The number of benzene rings is 2. The zero-order valence-electron chi connectivity index (χ0n) is 7.63. The molecule has 0 atom stereocenters. The summed E-state index contributed by atoms with van der Waals surface area (Å²) < 4.78 is 1.10. The lowest BCUT2D eigenvalue weighted by atomic mass is 10.1. The standard InChI is InChI=1S/C13H9Br/c1-2-5-11-9-8-10-6-3-4-7-12(10)13(11)14/h3-9H,1H2. The van der Waals surface area contributed by atoms with Crippen molar-refractivity contribution in [2.75, 3.05) is 0 Å². The zero-order valence-corrected chi connectivity index (χ0v) is 9.21. The lowest BCUT2D eigenvalue weighted by Gasteiger charge is -2.03. The minimum Gasteiger partial charge on any atom is -0.128 e. The maximum absolute atomic E-state index is 3.58. The Balaban J connectivity index is 2.81. The van der Waals surface area contributed by atoms with E-state index in [0.29, 0.717) is 0 Å². The zero-order chi connectivity index (χ0) is 9.97. The average Bonchev–Trinajstić information content (AvgIpc) is 2.23. The SMILES string of the molecule is C=C=Cc1ccc2ccccc2c1Br. The molecule has 0 aliphatic rings. The van der Waals surface area contributed by atoms with Gasteiger partial charge < -0.3 is 0 Å². The van der Waals surface area contributed by atoms with Gasteiger partial charge in [0.15, 0.2) is 0 Å². The Bertz CT molecular complexity index is 520. The van der Waals surface area contributed by atoms with E-state index in [9.17, 15) is 0 Å². The van der Waals surface area contributed by atoms with Crippen LogP contribution in [-0.2, 0) is 0 Å². The van der Waals surface area contributed by atoms with Gasteiger partial charge in [-0.2, -0.15) is 0 Å². The molecule has 0 spiro atoms. The minimum atomic E-state index is 1.10. The van der Waals surface area contributed by atoms with E-state index < -0.39 is 0 Å². The summed E-state index contributed by atoms with van der Waals surface area (Å²) in [5.41, 5.74) is 3.89. The van der Waals surface area contributed by atoms with E-state index >= 15 is 0 Å². The van der Waals surface area contributed by atoms with Gasteiger partial charge in [-0.25, -0.2) is 0 Å². The summed E-state index contributed by atoms with van der Waals surface area (Å²) in [5.74, 6) is 0. The highest BCUT2D eigenvalue weighted by molar-refractivity contribution is 9.10. The van der Waals surface area contributed by atoms with E-state index in [4.69, 9.17) is 0 Å².